The third kappa shape index (κ3) is 4.80. The van der Waals surface area contributed by atoms with Gasteiger partial charge in [0.25, 0.3) is 0 Å². The zero-order chi connectivity index (χ0) is 16.1. The lowest BCUT2D eigenvalue weighted by Crippen LogP contribution is -2.12. The van der Waals surface area contributed by atoms with E-state index in [4.69, 9.17) is 28.9 Å². The van der Waals surface area contributed by atoms with Crippen LogP contribution in [0.15, 0.2) is 41.3 Å². The van der Waals surface area contributed by atoms with E-state index in [9.17, 15) is 9.18 Å². The number of nitrogens with one attached hydrogen (secondary N) is 1. The van der Waals surface area contributed by atoms with E-state index < -0.39 is 0 Å². The van der Waals surface area contributed by atoms with Crippen LogP contribution in [0.5, 0.6) is 0 Å². The molecule has 2 aromatic carbocycles. The maximum Gasteiger partial charge on any atom is 0.225 e. The van der Waals surface area contributed by atoms with Crippen LogP contribution in [0, 0.1) is 5.82 Å². The van der Waals surface area contributed by atoms with Crippen molar-refractivity contribution >= 4 is 52.2 Å². The average molecular weight is 359 g/mol. The second-order valence-corrected chi connectivity index (χ2v) is 6.44. The molecule has 0 aliphatic rings. The minimum Gasteiger partial charge on any atom is -0.396 e. The molecule has 0 saturated carbocycles. The van der Waals surface area contributed by atoms with Crippen molar-refractivity contribution in [2.45, 2.75) is 11.3 Å². The van der Waals surface area contributed by atoms with Crippen LogP contribution in [-0.4, -0.2) is 11.7 Å². The number of carbonyl (C=O) groups is 1. The second kappa shape index (κ2) is 7.72. The molecule has 3 N–H and O–H groups in total. The Hall–Kier alpha value is -1.43. The largest absolute Gasteiger partial charge is 0.396 e. The third-order valence-electron chi connectivity index (χ3n) is 2.77. The zero-order valence-corrected chi connectivity index (χ0v) is 13.7. The van der Waals surface area contributed by atoms with E-state index in [0.29, 0.717) is 27.9 Å². The first kappa shape index (κ1) is 16.9. The van der Waals surface area contributed by atoms with Gasteiger partial charge < -0.3 is 11.1 Å². The number of thioether (sulfide) groups is 1. The van der Waals surface area contributed by atoms with Gasteiger partial charge in [0.2, 0.25) is 5.91 Å². The molecule has 3 nitrogen and oxygen atoms in total. The molecular weight excluding hydrogens is 346 g/mol. The third-order valence-corrected chi connectivity index (χ3v) is 4.41. The van der Waals surface area contributed by atoms with E-state index in [1.807, 2.05) is 0 Å². The Morgan fingerprint density at radius 2 is 1.77 bits per heavy atom. The number of benzene rings is 2. The van der Waals surface area contributed by atoms with Crippen molar-refractivity contribution < 1.29 is 9.18 Å². The Morgan fingerprint density at radius 1 is 1.18 bits per heavy atom. The summed E-state index contributed by atoms with van der Waals surface area (Å²) in [5.41, 5.74) is 6.42. The van der Waals surface area contributed by atoms with Gasteiger partial charge in [0, 0.05) is 22.8 Å². The Morgan fingerprint density at radius 3 is 2.36 bits per heavy atom. The highest BCUT2D eigenvalue weighted by Crippen LogP contribution is 2.31. The highest BCUT2D eigenvalue weighted by molar-refractivity contribution is 7.99. The standard InChI is InChI=1S/C15H13Cl2FN2OS/c16-12-7-10(8-13(17)15(12)19)20-14(21)5-6-22-11-3-1-9(18)2-4-11/h1-4,7-8H,5-6,19H2,(H,20,21). The molecule has 2 rings (SSSR count). The molecule has 0 radical (unpaired) electrons. The lowest BCUT2D eigenvalue weighted by atomic mass is 10.2. The summed E-state index contributed by atoms with van der Waals surface area (Å²) in [5.74, 6) is 0.138. The number of carbonyl (C=O) groups excluding carboxylic acids is 1. The summed E-state index contributed by atoms with van der Waals surface area (Å²) in [6.07, 6.45) is 0.307. The van der Waals surface area contributed by atoms with Gasteiger partial charge in [-0.15, -0.1) is 11.8 Å². The molecule has 0 unspecified atom stereocenters. The minimum absolute atomic E-state index is 0.161. The summed E-state index contributed by atoms with van der Waals surface area (Å²) < 4.78 is 12.8. The summed E-state index contributed by atoms with van der Waals surface area (Å²) in [7, 11) is 0. The van der Waals surface area contributed by atoms with Crippen molar-refractivity contribution in [3.05, 3.63) is 52.3 Å². The van der Waals surface area contributed by atoms with E-state index in [2.05, 4.69) is 5.32 Å². The van der Waals surface area contributed by atoms with Crippen LogP contribution in [0.2, 0.25) is 10.0 Å². The normalized spacial score (nSPS) is 10.5. The molecule has 7 heteroatoms. The van der Waals surface area contributed by atoms with Crippen molar-refractivity contribution in [3.63, 3.8) is 0 Å². The maximum absolute atomic E-state index is 12.8. The van der Waals surface area contributed by atoms with Gasteiger partial charge in [-0.2, -0.15) is 0 Å². The fourth-order valence-electron chi connectivity index (χ4n) is 1.67. The van der Waals surface area contributed by atoms with Crippen molar-refractivity contribution in [1.29, 1.82) is 0 Å². The predicted molar refractivity (Wildman–Crippen MR) is 91.2 cm³/mol. The lowest BCUT2D eigenvalue weighted by Gasteiger charge is -2.08. The predicted octanol–water partition coefficient (Wildman–Crippen LogP) is 4.84. The lowest BCUT2D eigenvalue weighted by molar-refractivity contribution is -0.115. The first-order valence-corrected chi connectivity index (χ1v) is 8.12. The highest BCUT2D eigenvalue weighted by atomic mass is 35.5. The van der Waals surface area contributed by atoms with Crippen LogP contribution >= 0.6 is 35.0 Å². The van der Waals surface area contributed by atoms with Crippen molar-refractivity contribution in [2.24, 2.45) is 0 Å². The molecule has 0 heterocycles. The summed E-state index contributed by atoms with van der Waals surface area (Å²) in [6.45, 7) is 0. The van der Waals surface area contributed by atoms with Crippen LogP contribution in [0.1, 0.15) is 6.42 Å². The zero-order valence-electron chi connectivity index (χ0n) is 11.4. The fourth-order valence-corrected chi connectivity index (χ4v) is 3.01. The van der Waals surface area contributed by atoms with E-state index in [-0.39, 0.29) is 17.4 Å². The average Bonchev–Trinajstić information content (AvgIpc) is 2.47. The van der Waals surface area contributed by atoms with Crippen LogP contribution in [0.25, 0.3) is 0 Å². The smallest absolute Gasteiger partial charge is 0.225 e. The number of nitrogen functional groups attached to an aromatic ring is 1. The van der Waals surface area contributed by atoms with E-state index in [0.717, 1.165) is 4.90 Å². The molecule has 0 spiro atoms. The monoisotopic (exact) mass is 358 g/mol. The van der Waals surface area contributed by atoms with Crippen LogP contribution < -0.4 is 11.1 Å². The second-order valence-electron chi connectivity index (χ2n) is 4.45. The minimum atomic E-state index is -0.279. The fraction of sp³-hybridized carbons (Fsp3) is 0.133. The van der Waals surface area contributed by atoms with Crippen LogP contribution in [0.4, 0.5) is 15.8 Å². The summed E-state index contributed by atoms with van der Waals surface area (Å²) in [5, 5.41) is 3.30. The molecule has 0 aromatic heterocycles. The Balaban J connectivity index is 1.84. The van der Waals surface area contributed by atoms with Crippen molar-refractivity contribution in [1.82, 2.24) is 0 Å². The van der Waals surface area contributed by atoms with Crippen LogP contribution in [0.3, 0.4) is 0 Å². The van der Waals surface area contributed by atoms with Crippen molar-refractivity contribution in [3.8, 4) is 0 Å². The highest BCUT2D eigenvalue weighted by Gasteiger charge is 2.08. The Bertz CT molecular complexity index is 657. The molecule has 22 heavy (non-hydrogen) atoms. The van der Waals surface area contributed by atoms with Gasteiger partial charge in [0.1, 0.15) is 5.82 Å². The summed E-state index contributed by atoms with van der Waals surface area (Å²) in [6, 6.07) is 9.23. The van der Waals surface area contributed by atoms with Gasteiger partial charge >= 0.3 is 0 Å². The molecule has 0 atom stereocenters. The first-order chi connectivity index (χ1) is 10.5. The molecule has 0 bridgehead atoms. The number of hydrogen-bond donors (Lipinski definition) is 2. The van der Waals surface area contributed by atoms with Crippen molar-refractivity contribution in [2.75, 3.05) is 16.8 Å². The van der Waals surface area contributed by atoms with E-state index in [1.54, 1.807) is 24.3 Å². The topological polar surface area (TPSA) is 55.1 Å². The molecule has 1 amide bonds. The molecular formula is C15H13Cl2FN2OS. The molecule has 0 aliphatic carbocycles. The Labute approximate surface area is 142 Å². The molecule has 2 aromatic rings. The number of halogens is 3. The van der Waals surface area contributed by atoms with Gasteiger partial charge in [0.15, 0.2) is 0 Å². The number of hydrogen-bond acceptors (Lipinski definition) is 3. The SMILES string of the molecule is Nc1c(Cl)cc(NC(=O)CCSc2ccc(F)cc2)cc1Cl. The molecule has 0 aliphatic heterocycles. The van der Waals surface area contributed by atoms with Gasteiger partial charge in [-0.1, -0.05) is 23.2 Å². The molecule has 116 valence electrons. The van der Waals surface area contributed by atoms with E-state index in [1.165, 1.54) is 23.9 Å². The van der Waals surface area contributed by atoms with Gasteiger partial charge in [0.05, 0.1) is 15.7 Å². The Kier molecular flexibility index (Phi) is 5.94. The van der Waals surface area contributed by atoms with E-state index >= 15 is 0 Å². The maximum atomic E-state index is 12.8. The van der Waals surface area contributed by atoms with Gasteiger partial charge in [-0.3, -0.25) is 4.79 Å². The number of rotatable bonds is 5. The van der Waals surface area contributed by atoms with Gasteiger partial charge in [-0.25, -0.2) is 4.39 Å². The van der Waals surface area contributed by atoms with Gasteiger partial charge in [-0.05, 0) is 36.4 Å². The quantitative estimate of drug-likeness (QED) is 0.594. The number of anilines is 2. The first-order valence-electron chi connectivity index (χ1n) is 6.38. The number of nitrogens with two attached hydrogens (primary N) is 1. The summed E-state index contributed by atoms with van der Waals surface area (Å²) >= 11 is 13.3. The van der Waals surface area contributed by atoms with Crippen LogP contribution in [-0.2, 0) is 4.79 Å². The molecule has 0 fully saturated rings. The summed E-state index contributed by atoms with van der Waals surface area (Å²) in [4.78, 5) is 12.8. The number of amides is 1. The molecule has 0 saturated heterocycles.